The summed E-state index contributed by atoms with van der Waals surface area (Å²) in [5.41, 5.74) is 9.84. The molecule has 0 spiro atoms. The molecule has 1 nitrogen and oxygen atoms in total. The number of benzene rings is 1. The lowest BCUT2D eigenvalue weighted by Gasteiger charge is -2.19. The van der Waals surface area contributed by atoms with Crippen molar-refractivity contribution in [2.45, 2.75) is 52.4 Å². The second-order valence-electron chi connectivity index (χ2n) is 4.87. The number of hydrogen-bond acceptors (Lipinski definition) is 1. The Morgan fingerprint density at radius 1 is 1.18 bits per heavy atom. The minimum absolute atomic E-state index is 0.650. The van der Waals surface area contributed by atoms with Crippen LogP contribution in [0.1, 0.15) is 55.2 Å². The minimum Gasteiger partial charge on any atom is -0.330 e. The molecule has 0 aromatic heterocycles. The molecule has 0 heterocycles. The molecular formula is C15H24BrN. The van der Waals surface area contributed by atoms with Gasteiger partial charge >= 0.3 is 0 Å². The van der Waals surface area contributed by atoms with E-state index in [9.17, 15) is 0 Å². The molecule has 96 valence electrons. The van der Waals surface area contributed by atoms with E-state index in [4.69, 9.17) is 5.73 Å². The number of rotatable bonds is 6. The predicted molar refractivity (Wildman–Crippen MR) is 79.6 cm³/mol. The summed E-state index contributed by atoms with van der Waals surface area (Å²) in [5.74, 6) is 0.650. The minimum atomic E-state index is 0.650. The van der Waals surface area contributed by atoms with Crippen molar-refractivity contribution in [3.63, 3.8) is 0 Å². The van der Waals surface area contributed by atoms with Gasteiger partial charge in [0, 0.05) is 4.47 Å². The van der Waals surface area contributed by atoms with Crippen LogP contribution in [0.25, 0.3) is 0 Å². The molecule has 0 amide bonds. The molecular weight excluding hydrogens is 274 g/mol. The Kier molecular flexibility index (Phi) is 6.21. The molecule has 0 aliphatic heterocycles. The average Bonchev–Trinajstić information content (AvgIpc) is 2.29. The van der Waals surface area contributed by atoms with Gasteiger partial charge in [-0.05, 0) is 68.3 Å². The smallest absolute Gasteiger partial charge is 0.0212 e. The first kappa shape index (κ1) is 14.7. The third-order valence-electron chi connectivity index (χ3n) is 3.45. The normalized spacial score (nSPS) is 12.8. The van der Waals surface area contributed by atoms with Gasteiger partial charge in [0.15, 0.2) is 0 Å². The van der Waals surface area contributed by atoms with E-state index < -0.39 is 0 Å². The number of nitrogens with two attached hydrogens (primary N) is 1. The zero-order chi connectivity index (χ0) is 12.8. The van der Waals surface area contributed by atoms with Gasteiger partial charge in [0.05, 0.1) is 0 Å². The summed E-state index contributed by atoms with van der Waals surface area (Å²) in [6.45, 7) is 7.41. The van der Waals surface area contributed by atoms with Crippen LogP contribution in [0.15, 0.2) is 16.6 Å². The summed E-state index contributed by atoms with van der Waals surface area (Å²) in [7, 11) is 0. The van der Waals surface area contributed by atoms with Crippen LogP contribution < -0.4 is 5.73 Å². The van der Waals surface area contributed by atoms with Crippen molar-refractivity contribution in [1.29, 1.82) is 0 Å². The van der Waals surface area contributed by atoms with Crippen molar-refractivity contribution in [1.82, 2.24) is 0 Å². The van der Waals surface area contributed by atoms with Crippen molar-refractivity contribution in [3.05, 3.63) is 33.3 Å². The highest BCUT2D eigenvalue weighted by atomic mass is 79.9. The highest BCUT2D eigenvalue weighted by Gasteiger charge is 2.14. The van der Waals surface area contributed by atoms with Crippen LogP contribution in [-0.4, -0.2) is 6.54 Å². The molecule has 1 rings (SSSR count). The van der Waals surface area contributed by atoms with Gasteiger partial charge in [-0.2, -0.15) is 0 Å². The molecule has 0 fully saturated rings. The van der Waals surface area contributed by atoms with Crippen molar-refractivity contribution >= 4 is 15.9 Å². The average molecular weight is 298 g/mol. The van der Waals surface area contributed by atoms with Crippen molar-refractivity contribution < 1.29 is 0 Å². The van der Waals surface area contributed by atoms with Crippen molar-refractivity contribution in [3.8, 4) is 0 Å². The zero-order valence-corrected chi connectivity index (χ0v) is 12.8. The first-order valence-electron chi connectivity index (χ1n) is 6.56. The van der Waals surface area contributed by atoms with E-state index in [1.54, 1.807) is 0 Å². The van der Waals surface area contributed by atoms with Gasteiger partial charge in [-0.15, -0.1) is 0 Å². The van der Waals surface area contributed by atoms with Crippen molar-refractivity contribution in [2.24, 2.45) is 5.73 Å². The van der Waals surface area contributed by atoms with E-state index in [0.29, 0.717) is 5.92 Å². The first-order valence-corrected chi connectivity index (χ1v) is 7.36. The fourth-order valence-electron chi connectivity index (χ4n) is 2.28. The standard InChI is InChI=1S/C15H24BrN/c1-4-6-13(7-5-8-17)14-9-11(2)12(3)10-15(14)16/h9-10,13H,4-8,17H2,1-3H3. The fraction of sp³-hybridized carbons (Fsp3) is 0.600. The maximum atomic E-state index is 5.63. The van der Waals surface area contributed by atoms with Gasteiger partial charge in [-0.1, -0.05) is 35.3 Å². The van der Waals surface area contributed by atoms with E-state index in [1.165, 1.54) is 40.4 Å². The largest absolute Gasteiger partial charge is 0.330 e. The predicted octanol–water partition coefficient (Wildman–Crippen LogP) is 4.69. The highest BCUT2D eigenvalue weighted by molar-refractivity contribution is 9.10. The van der Waals surface area contributed by atoms with Crippen LogP contribution in [0.2, 0.25) is 0 Å². The third-order valence-corrected chi connectivity index (χ3v) is 4.13. The third kappa shape index (κ3) is 4.11. The second kappa shape index (κ2) is 7.17. The number of aryl methyl sites for hydroxylation is 2. The molecule has 2 heteroatoms. The molecule has 1 aromatic carbocycles. The van der Waals surface area contributed by atoms with Gasteiger partial charge < -0.3 is 5.73 Å². The lowest BCUT2D eigenvalue weighted by Crippen LogP contribution is -2.05. The Bertz CT molecular complexity index is 360. The van der Waals surface area contributed by atoms with Crippen LogP contribution in [0.3, 0.4) is 0 Å². The van der Waals surface area contributed by atoms with E-state index >= 15 is 0 Å². The molecule has 0 bridgehead atoms. The molecule has 2 N–H and O–H groups in total. The maximum Gasteiger partial charge on any atom is 0.0212 e. The Balaban J connectivity index is 2.96. The Morgan fingerprint density at radius 3 is 2.41 bits per heavy atom. The summed E-state index contributed by atoms with van der Waals surface area (Å²) >= 11 is 3.71. The first-order chi connectivity index (χ1) is 8.10. The zero-order valence-electron chi connectivity index (χ0n) is 11.2. The Hall–Kier alpha value is -0.340. The van der Waals surface area contributed by atoms with Crippen LogP contribution in [-0.2, 0) is 0 Å². The number of halogens is 1. The van der Waals surface area contributed by atoms with Gasteiger partial charge in [-0.3, -0.25) is 0 Å². The molecule has 1 atom stereocenters. The fourth-order valence-corrected chi connectivity index (χ4v) is 3.07. The van der Waals surface area contributed by atoms with E-state index in [0.717, 1.165) is 13.0 Å². The molecule has 1 aromatic rings. The summed E-state index contributed by atoms with van der Waals surface area (Å²) < 4.78 is 1.26. The summed E-state index contributed by atoms with van der Waals surface area (Å²) in [6, 6.07) is 4.59. The van der Waals surface area contributed by atoms with E-state index in [-0.39, 0.29) is 0 Å². The number of hydrogen-bond donors (Lipinski definition) is 1. The Labute approximate surface area is 114 Å². The second-order valence-corrected chi connectivity index (χ2v) is 5.73. The summed E-state index contributed by atoms with van der Waals surface area (Å²) in [5, 5.41) is 0. The lowest BCUT2D eigenvalue weighted by atomic mass is 9.88. The van der Waals surface area contributed by atoms with E-state index in [2.05, 4.69) is 48.8 Å². The Morgan fingerprint density at radius 2 is 1.82 bits per heavy atom. The SMILES string of the molecule is CCCC(CCCN)c1cc(C)c(C)cc1Br. The maximum absolute atomic E-state index is 5.63. The molecule has 0 saturated heterocycles. The van der Waals surface area contributed by atoms with Gasteiger partial charge in [0.25, 0.3) is 0 Å². The van der Waals surface area contributed by atoms with Crippen LogP contribution in [0.5, 0.6) is 0 Å². The summed E-state index contributed by atoms with van der Waals surface area (Å²) in [6.07, 6.45) is 4.80. The van der Waals surface area contributed by atoms with Crippen LogP contribution >= 0.6 is 15.9 Å². The van der Waals surface area contributed by atoms with Gasteiger partial charge in [0.2, 0.25) is 0 Å². The van der Waals surface area contributed by atoms with Crippen LogP contribution in [0.4, 0.5) is 0 Å². The molecule has 0 aliphatic carbocycles. The molecule has 0 aliphatic rings. The quantitative estimate of drug-likeness (QED) is 0.810. The monoisotopic (exact) mass is 297 g/mol. The molecule has 1 unspecified atom stereocenters. The van der Waals surface area contributed by atoms with Crippen LogP contribution in [0, 0.1) is 13.8 Å². The van der Waals surface area contributed by atoms with Gasteiger partial charge in [0.1, 0.15) is 0 Å². The topological polar surface area (TPSA) is 26.0 Å². The highest BCUT2D eigenvalue weighted by Crippen LogP contribution is 2.33. The van der Waals surface area contributed by atoms with Crippen molar-refractivity contribution in [2.75, 3.05) is 6.54 Å². The molecule has 0 saturated carbocycles. The molecule has 17 heavy (non-hydrogen) atoms. The molecule has 0 radical (unpaired) electrons. The van der Waals surface area contributed by atoms with E-state index in [1.807, 2.05) is 0 Å². The lowest BCUT2D eigenvalue weighted by molar-refractivity contribution is 0.548. The summed E-state index contributed by atoms with van der Waals surface area (Å²) in [4.78, 5) is 0. The van der Waals surface area contributed by atoms with Gasteiger partial charge in [-0.25, -0.2) is 0 Å².